The lowest BCUT2D eigenvalue weighted by atomic mass is 9.89. The van der Waals surface area contributed by atoms with Gasteiger partial charge in [-0.2, -0.15) is 0 Å². The quantitative estimate of drug-likeness (QED) is 0.511. The SMILES string of the molecule is CC(OC(=O)C1CCCCC1)C(=O)Nc1ccccc1[N+](=O)[O-]. The highest BCUT2D eigenvalue weighted by Gasteiger charge is 2.27. The largest absolute Gasteiger partial charge is 0.452 e. The Morgan fingerprint density at radius 2 is 1.91 bits per heavy atom. The molecule has 0 saturated heterocycles. The van der Waals surface area contributed by atoms with Gasteiger partial charge in [-0.05, 0) is 25.8 Å². The van der Waals surface area contributed by atoms with Gasteiger partial charge in [-0.1, -0.05) is 31.4 Å². The van der Waals surface area contributed by atoms with Gasteiger partial charge in [-0.3, -0.25) is 19.7 Å². The number of esters is 1. The number of nitrogens with zero attached hydrogens (tertiary/aromatic N) is 1. The Labute approximate surface area is 134 Å². The van der Waals surface area contributed by atoms with Crippen LogP contribution in [0.1, 0.15) is 39.0 Å². The molecule has 0 spiro atoms. The molecule has 1 aliphatic carbocycles. The minimum atomic E-state index is -0.996. The first-order valence-electron chi connectivity index (χ1n) is 7.74. The number of nitro groups is 1. The number of hydrogen-bond donors (Lipinski definition) is 1. The summed E-state index contributed by atoms with van der Waals surface area (Å²) in [4.78, 5) is 34.5. The third-order valence-corrected chi connectivity index (χ3v) is 3.96. The van der Waals surface area contributed by atoms with Crippen molar-refractivity contribution in [1.29, 1.82) is 0 Å². The van der Waals surface area contributed by atoms with E-state index in [1.54, 1.807) is 6.07 Å². The van der Waals surface area contributed by atoms with Gasteiger partial charge in [-0.25, -0.2) is 0 Å². The molecular weight excluding hydrogens is 300 g/mol. The van der Waals surface area contributed by atoms with E-state index in [1.807, 2.05) is 0 Å². The van der Waals surface area contributed by atoms with Crippen LogP contribution in [0.2, 0.25) is 0 Å². The normalized spacial score (nSPS) is 16.4. The average molecular weight is 320 g/mol. The van der Waals surface area contributed by atoms with Crippen LogP contribution >= 0.6 is 0 Å². The van der Waals surface area contributed by atoms with E-state index in [4.69, 9.17) is 4.74 Å². The van der Waals surface area contributed by atoms with Crippen LogP contribution < -0.4 is 5.32 Å². The van der Waals surface area contributed by atoms with Gasteiger partial charge < -0.3 is 10.1 Å². The molecule has 2 rings (SSSR count). The molecule has 7 nitrogen and oxygen atoms in total. The zero-order valence-electron chi connectivity index (χ0n) is 13.0. The van der Waals surface area contributed by atoms with E-state index >= 15 is 0 Å². The molecule has 1 atom stereocenters. The van der Waals surface area contributed by atoms with Gasteiger partial charge in [0.15, 0.2) is 6.10 Å². The molecule has 124 valence electrons. The van der Waals surface area contributed by atoms with Crippen LogP contribution in [0.5, 0.6) is 0 Å². The van der Waals surface area contributed by atoms with Gasteiger partial charge in [0.2, 0.25) is 0 Å². The molecule has 1 fully saturated rings. The Balaban J connectivity index is 1.95. The molecule has 23 heavy (non-hydrogen) atoms. The predicted molar refractivity (Wildman–Crippen MR) is 83.9 cm³/mol. The number of hydrogen-bond acceptors (Lipinski definition) is 5. The van der Waals surface area contributed by atoms with Crippen LogP contribution in [0.3, 0.4) is 0 Å². The van der Waals surface area contributed by atoms with Crippen LogP contribution in [0.25, 0.3) is 0 Å². The fourth-order valence-electron chi connectivity index (χ4n) is 2.64. The Kier molecular flexibility index (Phi) is 5.67. The molecule has 0 bridgehead atoms. The molecule has 1 aliphatic rings. The molecule has 1 unspecified atom stereocenters. The lowest BCUT2D eigenvalue weighted by Crippen LogP contribution is -2.33. The summed E-state index contributed by atoms with van der Waals surface area (Å²) < 4.78 is 5.20. The number of nitrogens with one attached hydrogen (secondary N) is 1. The summed E-state index contributed by atoms with van der Waals surface area (Å²) in [5.74, 6) is -1.09. The van der Waals surface area contributed by atoms with Crippen molar-refractivity contribution in [3.05, 3.63) is 34.4 Å². The van der Waals surface area contributed by atoms with E-state index < -0.39 is 16.9 Å². The number of nitro benzene ring substituents is 1. The number of benzene rings is 1. The van der Waals surface area contributed by atoms with Crippen LogP contribution in [-0.2, 0) is 14.3 Å². The summed E-state index contributed by atoms with van der Waals surface area (Å²) in [6, 6.07) is 5.83. The third-order valence-electron chi connectivity index (χ3n) is 3.96. The van der Waals surface area contributed by atoms with Crippen molar-refractivity contribution in [2.24, 2.45) is 5.92 Å². The van der Waals surface area contributed by atoms with Crippen LogP contribution in [-0.4, -0.2) is 22.9 Å². The lowest BCUT2D eigenvalue weighted by Gasteiger charge is -2.22. The number of amides is 1. The van der Waals surface area contributed by atoms with E-state index in [9.17, 15) is 19.7 Å². The summed E-state index contributed by atoms with van der Waals surface area (Å²) in [6.07, 6.45) is 3.70. The topological polar surface area (TPSA) is 98.5 Å². The van der Waals surface area contributed by atoms with Crippen molar-refractivity contribution in [1.82, 2.24) is 0 Å². The summed E-state index contributed by atoms with van der Waals surface area (Å²) >= 11 is 0. The van der Waals surface area contributed by atoms with E-state index in [2.05, 4.69) is 5.32 Å². The average Bonchev–Trinajstić information content (AvgIpc) is 2.55. The molecule has 1 N–H and O–H groups in total. The highest BCUT2D eigenvalue weighted by atomic mass is 16.6. The van der Waals surface area contributed by atoms with E-state index in [0.717, 1.165) is 32.1 Å². The summed E-state index contributed by atoms with van der Waals surface area (Å²) in [7, 11) is 0. The molecule has 1 aromatic rings. The van der Waals surface area contributed by atoms with Gasteiger partial charge in [0.05, 0.1) is 10.8 Å². The Morgan fingerprint density at radius 3 is 2.57 bits per heavy atom. The number of carbonyl (C=O) groups is 2. The van der Waals surface area contributed by atoms with E-state index in [-0.39, 0.29) is 23.3 Å². The maximum absolute atomic E-state index is 12.1. The second-order valence-corrected chi connectivity index (χ2v) is 5.68. The van der Waals surface area contributed by atoms with Crippen LogP contribution in [0, 0.1) is 16.0 Å². The van der Waals surface area contributed by atoms with Crippen molar-refractivity contribution in [3.63, 3.8) is 0 Å². The predicted octanol–water partition coefficient (Wildman–Crippen LogP) is 3.05. The van der Waals surface area contributed by atoms with Crippen molar-refractivity contribution in [2.45, 2.75) is 45.1 Å². The standard InChI is InChI=1S/C16H20N2O5/c1-11(23-16(20)12-7-3-2-4-8-12)15(19)17-13-9-5-6-10-14(13)18(21)22/h5-6,9-12H,2-4,7-8H2,1H3,(H,17,19). The fraction of sp³-hybridized carbons (Fsp3) is 0.500. The minimum Gasteiger partial charge on any atom is -0.452 e. The first-order valence-corrected chi connectivity index (χ1v) is 7.74. The summed E-state index contributed by atoms with van der Waals surface area (Å²) in [5, 5.41) is 13.4. The first kappa shape index (κ1) is 16.9. The van der Waals surface area contributed by atoms with Gasteiger partial charge in [0.1, 0.15) is 5.69 Å². The molecule has 0 aromatic heterocycles. The molecule has 7 heteroatoms. The number of rotatable bonds is 5. The maximum atomic E-state index is 12.1. The van der Waals surface area contributed by atoms with Gasteiger partial charge in [-0.15, -0.1) is 0 Å². The maximum Gasteiger partial charge on any atom is 0.309 e. The number of anilines is 1. The zero-order chi connectivity index (χ0) is 16.8. The van der Waals surface area contributed by atoms with Crippen molar-refractivity contribution < 1.29 is 19.2 Å². The number of para-hydroxylation sites is 2. The molecule has 0 aliphatic heterocycles. The second kappa shape index (κ2) is 7.71. The summed E-state index contributed by atoms with van der Waals surface area (Å²) in [6.45, 7) is 1.46. The monoisotopic (exact) mass is 320 g/mol. The van der Waals surface area contributed by atoms with Gasteiger partial charge in [0.25, 0.3) is 11.6 Å². The van der Waals surface area contributed by atoms with Gasteiger partial charge >= 0.3 is 5.97 Å². The van der Waals surface area contributed by atoms with Crippen molar-refractivity contribution >= 4 is 23.3 Å². The van der Waals surface area contributed by atoms with Crippen molar-refractivity contribution in [2.75, 3.05) is 5.32 Å². The Morgan fingerprint density at radius 1 is 1.26 bits per heavy atom. The molecule has 0 heterocycles. The van der Waals surface area contributed by atoms with Crippen LogP contribution in [0.15, 0.2) is 24.3 Å². The molecule has 0 radical (unpaired) electrons. The number of carbonyl (C=O) groups excluding carboxylic acids is 2. The van der Waals surface area contributed by atoms with Crippen LogP contribution in [0.4, 0.5) is 11.4 Å². The molecular formula is C16H20N2O5. The highest BCUT2D eigenvalue weighted by molar-refractivity contribution is 5.96. The minimum absolute atomic E-state index is 0.0862. The zero-order valence-corrected chi connectivity index (χ0v) is 13.0. The molecule has 1 saturated carbocycles. The number of ether oxygens (including phenoxy) is 1. The Hall–Kier alpha value is -2.44. The van der Waals surface area contributed by atoms with E-state index in [1.165, 1.54) is 25.1 Å². The Bertz CT molecular complexity index is 596. The summed E-state index contributed by atoms with van der Waals surface area (Å²) in [5.41, 5.74) is -0.116. The highest BCUT2D eigenvalue weighted by Crippen LogP contribution is 2.26. The first-order chi connectivity index (χ1) is 11.0. The van der Waals surface area contributed by atoms with Gasteiger partial charge in [0, 0.05) is 6.07 Å². The van der Waals surface area contributed by atoms with Crippen molar-refractivity contribution in [3.8, 4) is 0 Å². The van der Waals surface area contributed by atoms with E-state index in [0.29, 0.717) is 0 Å². The lowest BCUT2D eigenvalue weighted by molar-refractivity contribution is -0.383. The smallest absolute Gasteiger partial charge is 0.309 e. The fourth-order valence-corrected chi connectivity index (χ4v) is 2.64. The second-order valence-electron chi connectivity index (χ2n) is 5.68. The molecule has 1 amide bonds. The third kappa shape index (κ3) is 4.51. The molecule has 1 aromatic carbocycles.